The molecule has 26 heavy (non-hydrogen) atoms. The summed E-state index contributed by atoms with van der Waals surface area (Å²) in [5.41, 5.74) is 1.64. The zero-order valence-electron chi connectivity index (χ0n) is 15.0. The Labute approximate surface area is 159 Å². The molecule has 1 saturated heterocycles. The number of hydrogen-bond acceptors (Lipinski definition) is 4. The van der Waals surface area contributed by atoms with Crippen LogP contribution in [0.2, 0.25) is 5.02 Å². The molecule has 0 spiro atoms. The topological polar surface area (TPSA) is 54.5 Å². The normalized spacial score (nSPS) is 14.2. The van der Waals surface area contributed by atoms with Crippen molar-refractivity contribution < 1.29 is 9.53 Å². The van der Waals surface area contributed by atoms with E-state index in [2.05, 4.69) is 10.3 Å². The maximum Gasteiger partial charge on any atom is 0.255 e. The van der Waals surface area contributed by atoms with Crippen LogP contribution in [0.25, 0.3) is 0 Å². The van der Waals surface area contributed by atoms with Crippen LogP contribution in [-0.2, 0) is 0 Å². The van der Waals surface area contributed by atoms with Crippen LogP contribution in [0.5, 0.6) is 5.75 Å². The quantitative estimate of drug-likeness (QED) is 0.772. The highest BCUT2D eigenvalue weighted by atomic mass is 35.5. The number of nitrogens with zero attached hydrogens (tertiary/aromatic N) is 2. The Morgan fingerprint density at radius 2 is 2.04 bits per heavy atom. The number of pyridine rings is 1. The van der Waals surface area contributed by atoms with Gasteiger partial charge in [-0.05, 0) is 43.9 Å². The second-order valence-electron chi connectivity index (χ2n) is 6.45. The van der Waals surface area contributed by atoms with Crippen LogP contribution in [0, 0.1) is 6.92 Å². The Morgan fingerprint density at radius 1 is 1.27 bits per heavy atom. The molecule has 3 rings (SSSR count). The van der Waals surface area contributed by atoms with Gasteiger partial charge < -0.3 is 15.0 Å². The van der Waals surface area contributed by atoms with Crippen molar-refractivity contribution in [2.45, 2.75) is 26.2 Å². The molecule has 1 aliphatic heterocycles. The van der Waals surface area contributed by atoms with Gasteiger partial charge in [0.05, 0.1) is 17.1 Å². The lowest BCUT2D eigenvalue weighted by Gasteiger charge is -2.26. The van der Waals surface area contributed by atoms with E-state index in [1.54, 1.807) is 12.3 Å². The van der Waals surface area contributed by atoms with Gasteiger partial charge in [-0.2, -0.15) is 0 Å². The summed E-state index contributed by atoms with van der Waals surface area (Å²) in [4.78, 5) is 18.7. The van der Waals surface area contributed by atoms with Crippen molar-refractivity contribution in [1.82, 2.24) is 9.88 Å². The van der Waals surface area contributed by atoms with E-state index in [0.29, 0.717) is 29.6 Å². The largest absolute Gasteiger partial charge is 0.491 e. The van der Waals surface area contributed by atoms with E-state index in [1.807, 2.05) is 36.1 Å². The Hall–Kier alpha value is -2.27. The Bertz CT molecular complexity index is 760. The second-order valence-corrected chi connectivity index (χ2v) is 6.86. The van der Waals surface area contributed by atoms with Gasteiger partial charge in [0.15, 0.2) is 0 Å². The first-order valence-corrected chi connectivity index (χ1v) is 9.40. The summed E-state index contributed by atoms with van der Waals surface area (Å²) in [5.74, 6) is 1.44. The van der Waals surface area contributed by atoms with Crippen LogP contribution in [0.1, 0.15) is 35.2 Å². The van der Waals surface area contributed by atoms with Crippen LogP contribution < -0.4 is 10.1 Å². The minimum absolute atomic E-state index is 0.00790. The third-order valence-corrected chi connectivity index (χ3v) is 4.77. The number of ether oxygens (including phenoxy) is 1. The first kappa shape index (κ1) is 18.5. The predicted octanol–water partition coefficient (Wildman–Crippen LogP) is 4.16. The molecule has 2 aromatic rings. The number of anilines is 1. The first-order valence-electron chi connectivity index (χ1n) is 9.02. The molecule has 0 bridgehead atoms. The van der Waals surface area contributed by atoms with Crippen LogP contribution in [0.4, 0.5) is 5.82 Å². The molecule has 0 unspecified atom stereocenters. The number of carbonyl (C=O) groups is 1. The molecule has 2 heterocycles. The zero-order chi connectivity index (χ0) is 18.4. The smallest absolute Gasteiger partial charge is 0.255 e. The van der Waals surface area contributed by atoms with Crippen molar-refractivity contribution in [1.29, 1.82) is 0 Å². The molecule has 5 nitrogen and oxygen atoms in total. The molecule has 0 saturated carbocycles. The molecule has 0 atom stereocenters. The van der Waals surface area contributed by atoms with E-state index < -0.39 is 0 Å². The molecule has 1 amide bonds. The van der Waals surface area contributed by atoms with E-state index in [1.165, 1.54) is 6.42 Å². The SMILES string of the molecule is Cc1ccccc1OCCNc1ncc(C(=O)N2CCCCC2)cc1Cl. The number of halogens is 1. The maximum atomic E-state index is 12.5. The number of hydrogen-bond donors (Lipinski definition) is 1. The van der Waals surface area contributed by atoms with Gasteiger partial charge in [-0.15, -0.1) is 0 Å². The highest BCUT2D eigenvalue weighted by Gasteiger charge is 2.19. The van der Waals surface area contributed by atoms with Crippen molar-refractivity contribution in [3.63, 3.8) is 0 Å². The van der Waals surface area contributed by atoms with Gasteiger partial charge >= 0.3 is 0 Å². The third-order valence-electron chi connectivity index (χ3n) is 4.48. The summed E-state index contributed by atoms with van der Waals surface area (Å²) < 4.78 is 5.75. The fourth-order valence-electron chi connectivity index (χ4n) is 3.01. The van der Waals surface area contributed by atoms with Crippen LogP contribution in [0.3, 0.4) is 0 Å². The predicted molar refractivity (Wildman–Crippen MR) is 104 cm³/mol. The monoisotopic (exact) mass is 373 g/mol. The molecular formula is C20H24ClN3O2. The fourth-order valence-corrected chi connectivity index (χ4v) is 3.25. The highest BCUT2D eigenvalue weighted by molar-refractivity contribution is 6.33. The van der Waals surface area contributed by atoms with Gasteiger partial charge in [-0.1, -0.05) is 29.8 Å². The number of rotatable bonds is 6. The summed E-state index contributed by atoms with van der Waals surface area (Å²) >= 11 is 6.30. The average Bonchev–Trinajstić information content (AvgIpc) is 2.67. The van der Waals surface area contributed by atoms with Crippen molar-refractivity contribution in [3.05, 3.63) is 52.7 Å². The highest BCUT2D eigenvalue weighted by Crippen LogP contribution is 2.22. The lowest BCUT2D eigenvalue weighted by molar-refractivity contribution is 0.0724. The summed E-state index contributed by atoms with van der Waals surface area (Å²) in [7, 11) is 0. The van der Waals surface area contributed by atoms with E-state index in [0.717, 1.165) is 37.2 Å². The molecule has 6 heteroatoms. The van der Waals surface area contributed by atoms with E-state index in [9.17, 15) is 4.79 Å². The number of carbonyl (C=O) groups excluding carboxylic acids is 1. The van der Waals surface area contributed by atoms with Gasteiger partial charge in [0, 0.05) is 19.3 Å². The minimum atomic E-state index is 0.00790. The Kier molecular flexibility index (Phi) is 6.34. The number of aryl methyl sites for hydroxylation is 1. The second kappa shape index (κ2) is 8.90. The van der Waals surface area contributed by atoms with Crippen molar-refractivity contribution in [2.24, 2.45) is 0 Å². The average molecular weight is 374 g/mol. The van der Waals surface area contributed by atoms with E-state index >= 15 is 0 Å². The molecular weight excluding hydrogens is 350 g/mol. The van der Waals surface area contributed by atoms with E-state index in [-0.39, 0.29) is 5.91 Å². The van der Waals surface area contributed by atoms with E-state index in [4.69, 9.17) is 16.3 Å². The molecule has 1 aromatic heterocycles. The molecule has 0 aliphatic carbocycles. The van der Waals surface area contributed by atoms with Gasteiger partial charge in [-0.3, -0.25) is 4.79 Å². The lowest BCUT2D eigenvalue weighted by atomic mass is 10.1. The number of aromatic nitrogens is 1. The number of benzene rings is 1. The molecule has 138 valence electrons. The van der Waals surface area contributed by atoms with Crippen LogP contribution in [-0.4, -0.2) is 42.0 Å². The number of piperidine rings is 1. The third kappa shape index (κ3) is 4.67. The number of amides is 1. The van der Waals surface area contributed by atoms with Crippen LogP contribution >= 0.6 is 11.6 Å². The minimum Gasteiger partial charge on any atom is -0.491 e. The lowest BCUT2D eigenvalue weighted by Crippen LogP contribution is -2.35. The maximum absolute atomic E-state index is 12.5. The van der Waals surface area contributed by atoms with Gasteiger partial charge in [0.25, 0.3) is 5.91 Å². The number of nitrogens with one attached hydrogen (secondary N) is 1. The van der Waals surface area contributed by atoms with Crippen molar-refractivity contribution in [2.75, 3.05) is 31.6 Å². The summed E-state index contributed by atoms with van der Waals surface area (Å²) in [6, 6.07) is 9.58. The Balaban J connectivity index is 1.52. The number of para-hydroxylation sites is 1. The van der Waals surface area contributed by atoms with Gasteiger partial charge in [0.1, 0.15) is 18.2 Å². The van der Waals surface area contributed by atoms with Gasteiger partial charge in [-0.25, -0.2) is 4.98 Å². The standard InChI is InChI=1S/C20H24ClN3O2/c1-15-7-3-4-8-18(15)26-12-9-22-19-17(21)13-16(14-23-19)20(25)24-10-5-2-6-11-24/h3-4,7-8,13-14H,2,5-6,9-12H2,1H3,(H,22,23). The molecule has 1 aliphatic rings. The molecule has 1 aromatic carbocycles. The first-order chi connectivity index (χ1) is 12.6. The van der Waals surface area contributed by atoms with Crippen molar-refractivity contribution in [3.8, 4) is 5.75 Å². The summed E-state index contributed by atoms with van der Waals surface area (Å²) in [5, 5.41) is 3.60. The summed E-state index contributed by atoms with van der Waals surface area (Å²) in [6.07, 6.45) is 4.91. The summed E-state index contributed by atoms with van der Waals surface area (Å²) in [6.45, 7) is 4.70. The zero-order valence-corrected chi connectivity index (χ0v) is 15.8. The number of likely N-dealkylation sites (tertiary alicyclic amines) is 1. The Morgan fingerprint density at radius 3 is 2.77 bits per heavy atom. The van der Waals surface area contributed by atoms with Crippen molar-refractivity contribution >= 4 is 23.3 Å². The molecule has 1 N–H and O–H groups in total. The van der Waals surface area contributed by atoms with Gasteiger partial charge in [0.2, 0.25) is 0 Å². The molecule has 1 fully saturated rings. The van der Waals surface area contributed by atoms with Crippen LogP contribution in [0.15, 0.2) is 36.5 Å². The fraction of sp³-hybridized carbons (Fsp3) is 0.400. The molecule has 0 radical (unpaired) electrons.